The minimum atomic E-state index is -0.122. The van der Waals surface area contributed by atoms with Gasteiger partial charge in [-0.25, -0.2) is 0 Å². The maximum absolute atomic E-state index is 9.45. The van der Waals surface area contributed by atoms with Gasteiger partial charge < -0.3 is 10.8 Å². The number of hydrogen-bond donors (Lipinski definition) is 2. The fourth-order valence-corrected chi connectivity index (χ4v) is 2.38. The van der Waals surface area contributed by atoms with Gasteiger partial charge in [0.15, 0.2) is 0 Å². The number of aryl methyl sites for hydroxylation is 1. The maximum atomic E-state index is 9.45. The normalized spacial score (nSPS) is 21.1. The lowest BCUT2D eigenvalue weighted by Gasteiger charge is -2.34. The molecule has 0 saturated carbocycles. The van der Waals surface area contributed by atoms with Gasteiger partial charge in [0.1, 0.15) is 5.75 Å². The van der Waals surface area contributed by atoms with Crippen LogP contribution in [0, 0.1) is 5.92 Å². The molecule has 2 rings (SSSR count). The van der Waals surface area contributed by atoms with Crippen molar-refractivity contribution in [3.05, 3.63) is 29.3 Å². The van der Waals surface area contributed by atoms with Crippen molar-refractivity contribution < 1.29 is 5.11 Å². The highest BCUT2D eigenvalue weighted by Crippen LogP contribution is 2.32. The van der Waals surface area contributed by atoms with Crippen molar-refractivity contribution in [2.45, 2.75) is 38.6 Å². The second-order valence-electron chi connectivity index (χ2n) is 5.21. The van der Waals surface area contributed by atoms with E-state index in [2.05, 4.69) is 13.8 Å². The van der Waals surface area contributed by atoms with Crippen molar-refractivity contribution in [1.29, 1.82) is 0 Å². The van der Waals surface area contributed by atoms with E-state index in [0.717, 1.165) is 19.3 Å². The van der Waals surface area contributed by atoms with Crippen molar-refractivity contribution in [2.75, 3.05) is 0 Å². The van der Waals surface area contributed by atoms with E-state index in [0.29, 0.717) is 11.7 Å². The molecule has 1 aliphatic rings. The van der Waals surface area contributed by atoms with E-state index in [1.165, 1.54) is 11.1 Å². The molecule has 0 spiro atoms. The van der Waals surface area contributed by atoms with Crippen LogP contribution in [0.25, 0.3) is 0 Å². The van der Waals surface area contributed by atoms with Gasteiger partial charge in [-0.3, -0.25) is 0 Å². The zero-order valence-corrected chi connectivity index (χ0v) is 9.46. The van der Waals surface area contributed by atoms with Gasteiger partial charge in [0.05, 0.1) is 0 Å². The SMILES string of the molecule is CC(C)(N)C1CCc2ccc(O)cc2C1. The third kappa shape index (κ3) is 2.15. The molecule has 2 heteroatoms. The molecular formula is C13H19NO. The van der Waals surface area contributed by atoms with Gasteiger partial charge in [0.2, 0.25) is 0 Å². The van der Waals surface area contributed by atoms with Crippen molar-refractivity contribution in [2.24, 2.45) is 11.7 Å². The molecule has 0 aliphatic heterocycles. The van der Waals surface area contributed by atoms with Crippen LogP contribution in [0.4, 0.5) is 0 Å². The highest BCUT2D eigenvalue weighted by molar-refractivity contribution is 5.37. The van der Waals surface area contributed by atoms with Gasteiger partial charge in [-0.15, -0.1) is 0 Å². The molecule has 0 radical (unpaired) electrons. The van der Waals surface area contributed by atoms with Crippen molar-refractivity contribution in [3.8, 4) is 5.75 Å². The van der Waals surface area contributed by atoms with Crippen molar-refractivity contribution in [1.82, 2.24) is 0 Å². The standard InChI is InChI=1S/C13H19NO/c1-13(2,14)11-5-3-9-4-6-12(15)8-10(9)7-11/h4,6,8,11,15H,3,5,7,14H2,1-2H3. The van der Waals surface area contributed by atoms with E-state index in [4.69, 9.17) is 5.73 Å². The second kappa shape index (κ2) is 3.53. The van der Waals surface area contributed by atoms with Crippen LogP contribution >= 0.6 is 0 Å². The Labute approximate surface area is 91.1 Å². The first-order valence-corrected chi connectivity index (χ1v) is 5.56. The number of nitrogens with two attached hydrogens (primary N) is 1. The highest BCUT2D eigenvalue weighted by atomic mass is 16.3. The number of hydrogen-bond acceptors (Lipinski definition) is 2. The average molecular weight is 205 g/mol. The summed E-state index contributed by atoms with van der Waals surface area (Å²) in [7, 11) is 0. The lowest BCUT2D eigenvalue weighted by Crippen LogP contribution is -2.43. The molecule has 0 bridgehead atoms. The van der Waals surface area contributed by atoms with E-state index in [-0.39, 0.29) is 5.54 Å². The van der Waals surface area contributed by atoms with Gasteiger partial charge in [-0.05, 0) is 62.3 Å². The van der Waals surface area contributed by atoms with Gasteiger partial charge in [0.25, 0.3) is 0 Å². The summed E-state index contributed by atoms with van der Waals surface area (Å²) in [4.78, 5) is 0. The monoisotopic (exact) mass is 205 g/mol. The first kappa shape index (κ1) is 10.5. The molecule has 1 aromatic rings. The lowest BCUT2D eigenvalue weighted by molar-refractivity contribution is 0.288. The zero-order chi connectivity index (χ0) is 11.1. The van der Waals surface area contributed by atoms with Gasteiger partial charge >= 0.3 is 0 Å². The topological polar surface area (TPSA) is 46.2 Å². The van der Waals surface area contributed by atoms with Gasteiger partial charge in [-0.2, -0.15) is 0 Å². The number of fused-ring (bicyclic) bond motifs is 1. The quantitative estimate of drug-likeness (QED) is 0.738. The Morgan fingerprint density at radius 1 is 1.33 bits per heavy atom. The minimum Gasteiger partial charge on any atom is -0.508 e. The molecule has 1 aromatic carbocycles. The lowest BCUT2D eigenvalue weighted by atomic mass is 9.75. The summed E-state index contributed by atoms with van der Waals surface area (Å²) < 4.78 is 0. The number of phenolic OH excluding ortho intramolecular Hbond substituents is 1. The Morgan fingerprint density at radius 3 is 2.73 bits per heavy atom. The first-order valence-electron chi connectivity index (χ1n) is 5.56. The second-order valence-corrected chi connectivity index (χ2v) is 5.21. The Hall–Kier alpha value is -1.02. The number of rotatable bonds is 1. The summed E-state index contributed by atoms with van der Waals surface area (Å²) in [5, 5.41) is 9.45. The van der Waals surface area contributed by atoms with Crippen LogP contribution in [0.1, 0.15) is 31.4 Å². The molecule has 82 valence electrons. The van der Waals surface area contributed by atoms with E-state index in [1.807, 2.05) is 12.1 Å². The van der Waals surface area contributed by atoms with Crippen LogP contribution in [-0.2, 0) is 12.8 Å². The summed E-state index contributed by atoms with van der Waals surface area (Å²) in [5.74, 6) is 0.885. The smallest absolute Gasteiger partial charge is 0.115 e. The summed E-state index contributed by atoms with van der Waals surface area (Å²) >= 11 is 0. The Morgan fingerprint density at radius 2 is 2.07 bits per heavy atom. The molecule has 0 heterocycles. The Bertz CT molecular complexity index is 365. The fraction of sp³-hybridized carbons (Fsp3) is 0.538. The van der Waals surface area contributed by atoms with Crippen LogP contribution in [0.3, 0.4) is 0 Å². The van der Waals surface area contributed by atoms with E-state index >= 15 is 0 Å². The Kier molecular flexibility index (Phi) is 2.47. The van der Waals surface area contributed by atoms with Crippen LogP contribution in [0.5, 0.6) is 5.75 Å². The predicted molar refractivity (Wildman–Crippen MR) is 61.9 cm³/mol. The molecule has 0 amide bonds. The van der Waals surface area contributed by atoms with Crippen LogP contribution in [-0.4, -0.2) is 10.6 Å². The molecule has 1 atom stereocenters. The Balaban J connectivity index is 2.26. The molecule has 1 aliphatic carbocycles. The van der Waals surface area contributed by atoms with Crippen molar-refractivity contribution in [3.63, 3.8) is 0 Å². The van der Waals surface area contributed by atoms with Crippen LogP contribution < -0.4 is 5.73 Å². The minimum absolute atomic E-state index is 0.122. The van der Waals surface area contributed by atoms with Crippen LogP contribution in [0.2, 0.25) is 0 Å². The summed E-state index contributed by atoms with van der Waals surface area (Å²) in [6.45, 7) is 4.18. The third-order valence-corrected chi connectivity index (χ3v) is 3.47. The molecule has 0 aromatic heterocycles. The maximum Gasteiger partial charge on any atom is 0.115 e. The number of benzene rings is 1. The largest absolute Gasteiger partial charge is 0.508 e. The molecule has 3 N–H and O–H groups in total. The third-order valence-electron chi connectivity index (χ3n) is 3.47. The number of phenols is 1. The van der Waals surface area contributed by atoms with E-state index < -0.39 is 0 Å². The molecule has 1 unspecified atom stereocenters. The zero-order valence-electron chi connectivity index (χ0n) is 9.46. The fourth-order valence-electron chi connectivity index (χ4n) is 2.38. The van der Waals surface area contributed by atoms with Gasteiger partial charge in [0, 0.05) is 5.54 Å². The molecule has 0 saturated heterocycles. The van der Waals surface area contributed by atoms with Crippen molar-refractivity contribution >= 4 is 0 Å². The first-order chi connectivity index (χ1) is 6.97. The molecule has 15 heavy (non-hydrogen) atoms. The van der Waals surface area contributed by atoms with Crippen LogP contribution in [0.15, 0.2) is 18.2 Å². The van der Waals surface area contributed by atoms with Gasteiger partial charge in [-0.1, -0.05) is 6.07 Å². The summed E-state index contributed by atoms with van der Waals surface area (Å²) in [6, 6.07) is 5.68. The summed E-state index contributed by atoms with van der Waals surface area (Å²) in [6.07, 6.45) is 3.23. The molecular weight excluding hydrogens is 186 g/mol. The highest BCUT2D eigenvalue weighted by Gasteiger charge is 2.28. The van der Waals surface area contributed by atoms with E-state index in [9.17, 15) is 5.11 Å². The van der Waals surface area contributed by atoms with E-state index in [1.54, 1.807) is 6.07 Å². The predicted octanol–water partition coefficient (Wildman–Crippen LogP) is 2.23. The number of aromatic hydroxyl groups is 1. The average Bonchev–Trinajstić information content (AvgIpc) is 2.15. The molecule has 2 nitrogen and oxygen atoms in total. The summed E-state index contributed by atoms with van der Waals surface area (Å²) in [5.41, 5.74) is 8.66. The molecule has 0 fully saturated rings.